The Labute approximate surface area is 114 Å². The summed E-state index contributed by atoms with van der Waals surface area (Å²) in [4.78, 5) is 1.38. The first-order valence-corrected chi connectivity index (χ1v) is 7.41. The smallest absolute Gasteiger partial charge is 0.0931 e. The number of likely N-dealkylation sites (N-methyl/N-ethyl adjacent to an activating group) is 1. The van der Waals surface area contributed by atoms with E-state index in [2.05, 4.69) is 46.1 Å². The average molecular weight is 272 g/mol. The molecular weight excluding hydrogens is 250 g/mol. The Morgan fingerprint density at radius 3 is 2.24 bits per heavy atom. The SMILES string of the molecule is CNC(Cc1ccc(Cl)s1)C1C(C)(C)C1(C)C. The number of hydrogen-bond acceptors (Lipinski definition) is 2. The minimum Gasteiger partial charge on any atom is -0.316 e. The van der Waals surface area contributed by atoms with E-state index in [1.54, 1.807) is 11.3 Å². The number of halogens is 1. The van der Waals surface area contributed by atoms with Gasteiger partial charge in [0.25, 0.3) is 0 Å². The second-order valence-corrected chi connectivity index (χ2v) is 8.03. The second-order valence-electron chi connectivity index (χ2n) is 6.23. The van der Waals surface area contributed by atoms with Gasteiger partial charge in [-0.05, 0) is 42.3 Å². The summed E-state index contributed by atoms with van der Waals surface area (Å²) in [6.07, 6.45) is 1.09. The van der Waals surface area contributed by atoms with Crippen molar-refractivity contribution in [2.45, 2.75) is 40.2 Å². The van der Waals surface area contributed by atoms with E-state index in [1.807, 2.05) is 6.07 Å². The van der Waals surface area contributed by atoms with Gasteiger partial charge >= 0.3 is 0 Å². The van der Waals surface area contributed by atoms with Crippen LogP contribution in [0.4, 0.5) is 0 Å². The van der Waals surface area contributed by atoms with Crippen molar-refractivity contribution in [3.8, 4) is 0 Å². The van der Waals surface area contributed by atoms with E-state index >= 15 is 0 Å². The molecule has 1 aliphatic rings. The summed E-state index contributed by atoms with van der Waals surface area (Å²) >= 11 is 7.69. The van der Waals surface area contributed by atoms with Crippen LogP contribution in [0, 0.1) is 16.7 Å². The van der Waals surface area contributed by atoms with E-state index in [1.165, 1.54) is 4.88 Å². The van der Waals surface area contributed by atoms with Crippen molar-refractivity contribution in [2.75, 3.05) is 7.05 Å². The number of nitrogens with one attached hydrogen (secondary N) is 1. The Kier molecular flexibility index (Phi) is 3.35. The average Bonchev–Trinajstić information content (AvgIpc) is 2.55. The van der Waals surface area contributed by atoms with Gasteiger partial charge in [0, 0.05) is 10.9 Å². The van der Waals surface area contributed by atoms with Gasteiger partial charge in [-0.2, -0.15) is 0 Å². The molecule has 1 aromatic heterocycles. The van der Waals surface area contributed by atoms with E-state index in [9.17, 15) is 0 Å². The lowest BCUT2D eigenvalue weighted by Crippen LogP contribution is -2.32. The standard InChI is InChI=1S/C14H22ClNS/c1-13(2)12(14(13,3)4)10(16-5)8-9-6-7-11(15)17-9/h6-7,10,12,16H,8H2,1-5H3. The van der Waals surface area contributed by atoms with E-state index in [0.29, 0.717) is 16.9 Å². The highest BCUT2D eigenvalue weighted by molar-refractivity contribution is 7.16. The zero-order valence-corrected chi connectivity index (χ0v) is 12.9. The fourth-order valence-corrected chi connectivity index (χ4v) is 4.46. The summed E-state index contributed by atoms with van der Waals surface area (Å²) in [5.41, 5.74) is 0.865. The predicted molar refractivity (Wildman–Crippen MR) is 76.9 cm³/mol. The van der Waals surface area contributed by atoms with Crippen molar-refractivity contribution < 1.29 is 0 Å². The lowest BCUT2D eigenvalue weighted by Gasteiger charge is -2.17. The molecule has 1 aliphatic carbocycles. The van der Waals surface area contributed by atoms with Crippen molar-refractivity contribution in [3.63, 3.8) is 0 Å². The van der Waals surface area contributed by atoms with Gasteiger partial charge in [0.15, 0.2) is 0 Å². The van der Waals surface area contributed by atoms with Crippen LogP contribution >= 0.6 is 22.9 Å². The molecule has 0 saturated heterocycles. The Morgan fingerprint density at radius 1 is 1.29 bits per heavy atom. The van der Waals surface area contributed by atoms with Crippen LogP contribution in [0.1, 0.15) is 32.6 Å². The summed E-state index contributed by atoms with van der Waals surface area (Å²) in [5.74, 6) is 0.737. The number of thiophene rings is 1. The highest BCUT2D eigenvalue weighted by Gasteiger charge is 2.66. The molecule has 17 heavy (non-hydrogen) atoms. The zero-order chi connectivity index (χ0) is 12.8. The van der Waals surface area contributed by atoms with Crippen LogP contribution in [-0.4, -0.2) is 13.1 Å². The Hall–Kier alpha value is -0.0500. The van der Waals surface area contributed by atoms with Crippen LogP contribution in [0.5, 0.6) is 0 Å². The first-order chi connectivity index (χ1) is 7.80. The first kappa shape index (κ1) is 13.4. The molecule has 3 heteroatoms. The third kappa shape index (κ3) is 2.16. The number of rotatable bonds is 4. The molecular formula is C14H22ClNS. The molecule has 1 heterocycles. The molecule has 0 radical (unpaired) electrons. The summed E-state index contributed by atoms with van der Waals surface area (Å²) in [6.45, 7) is 9.51. The highest BCUT2D eigenvalue weighted by atomic mass is 35.5. The fourth-order valence-electron chi connectivity index (χ4n) is 3.32. The van der Waals surface area contributed by atoms with E-state index in [-0.39, 0.29) is 0 Å². The first-order valence-electron chi connectivity index (χ1n) is 6.22. The summed E-state index contributed by atoms with van der Waals surface area (Å²) < 4.78 is 0.893. The molecule has 1 unspecified atom stereocenters. The van der Waals surface area contributed by atoms with Gasteiger partial charge in [0.05, 0.1) is 4.34 Å². The minimum atomic E-state index is 0.432. The van der Waals surface area contributed by atoms with Crippen LogP contribution in [0.15, 0.2) is 12.1 Å². The molecule has 1 fully saturated rings. The van der Waals surface area contributed by atoms with Crippen LogP contribution in [0.3, 0.4) is 0 Å². The van der Waals surface area contributed by atoms with Gasteiger partial charge < -0.3 is 5.32 Å². The lowest BCUT2D eigenvalue weighted by molar-refractivity contribution is 0.423. The molecule has 0 spiro atoms. The predicted octanol–water partition coefficient (Wildman–Crippen LogP) is 4.21. The minimum absolute atomic E-state index is 0.432. The second kappa shape index (κ2) is 4.25. The van der Waals surface area contributed by atoms with Crippen LogP contribution in [-0.2, 0) is 6.42 Å². The quantitative estimate of drug-likeness (QED) is 0.865. The molecule has 1 aromatic rings. The fraction of sp³-hybridized carbons (Fsp3) is 0.714. The maximum absolute atomic E-state index is 5.99. The molecule has 0 aliphatic heterocycles. The third-order valence-corrected chi connectivity index (χ3v) is 6.21. The molecule has 0 aromatic carbocycles. The zero-order valence-electron chi connectivity index (χ0n) is 11.3. The molecule has 0 bridgehead atoms. The maximum atomic E-state index is 5.99. The van der Waals surface area contributed by atoms with Gasteiger partial charge in [-0.25, -0.2) is 0 Å². The van der Waals surface area contributed by atoms with Gasteiger partial charge in [-0.3, -0.25) is 0 Å². The van der Waals surface area contributed by atoms with Gasteiger partial charge in [0.1, 0.15) is 0 Å². The highest BCUT2D eigenvalue weighted by Crippen LogP contribution is 2.69. The van der Waals surface area contributed by atoms with E-state index < -0.39 is 0 Å². The van der Waals surface area contributed by atoms with Crippen molar-refractivity contribution >= 4 is 22.9 Å². The van der Waals surface area contributed by atoms with Crippen molar-refractivity contribution in [2.24, 2.45) is 16.7 Å². The van der Waals surface area contributed by atoms with Gasteiger partial charge in [-0.1, -0.05) is 39.3 Å². The Morgan fingerprint density at radius 2 is 1.88 bits per heavy atom. The van der Waals surface area contributed by atoms with Crippen molar-refractivity contribution in [3.05, 3.63) is 21.3 Å². The van der Waals surface area contributed by atoms with Gasteiger partial charge in [0.2, 0.25) is 0 Å². The Bertz CT molecular complexity index is 394. The van der Waals surface area contributed by atoms with E-state index in [4.69, 9.17) is 11.6 Å². The molecule has 2 rings (SSSR count). The summed E-state index contributed by atoms with van der Waals surface area (Å²) in [6, 6.07) is 4.70. The largest absolute Gasteiger partial charge is 0.316 e. The van der Waals surface area contributed by atoms with Crippen LogP contribution < -0.4 is 5.32 Å². The number of hydrogen-bond donors (Lipinski definition) is 1. The van der Waals surface area contributed by atoms with Crippen LogP contribution in [0.25, 0.3) is 0 Å². The van der Waals surface area contributed by atoms with Crippen molar-refractivity contribution in [1.82, 2.24) is 5.32 Å². The Balaban J connectivity index is 2.09. The molecule has 1 saturated carbocycles. The van der Waals surface area contributed by atoms with Crippen molar-refractivity contribution in [1.29, 1.82) is 0 Å². The summed E-state index contributed by atoms with van der Waals surface area (Å²) in [5, 5.41) is 3.50. The molecule has 1 nitrogen and oxygen atoms in total. The molecule has 1 atom stereocenters. The lowest BCUT2D eigenvalue weighted by atomic mass is 10.0. The maximum Gasteiger partial charge on any atom is 0.0931 e. The molecule has 96 valence electrons. The molecule has 0 amide bonds. The van der Waals surface area contributed by atoms with E-state index in [0.717, 1.165) is 16.7 Å². The monoisotopic (exact) mass is 271 g/mol. The van der Waals surface area contributed by atoms with Gasteiger partial charge in [-0.15, -0.1) is 11.3 Å². The topological polar surface area (TPSA) is 12.0 Å². The molecule has 1 N–H and O–H groups in total. The summed E-state index contributed by atoms with van der Waals surface area (Å²) in [7, 11) is 2.07. The third-order valence-electron chi connectivity index (χ3n) is 4.96. The normalized spacial score (nSPS) is 23.6. The van der Waals surface area contributed by atoms with Crippen LogP contribution in [0.2, 0.25) is 4.34 Å².